The standard InChI is InChI=1S/C69H129NO5/c1-3-5-7-9-11-13-15-17-39-43-47-51-55-59-63-69(74)75-64-60-56-52-48-44-40-36-34-32-30-28-26-24-22-20-18-19-21-23-25-27-29-31-33-35-38-42-46-50-54-58-62-68(73)70-66(65-71)67(72)61-57-53-49-45-41-37-16-14-12-10-8-6-4-2/h9,11,15,17,20,22,26,28,66-67,71-72H,3-8,10,12-14,16,18-19,21,23-25,27,29-65H2,1-2H3,(H,70,73)/b11-9-,17-15-,22-20-,28-26-. The molecule has 0 rings (SSSR count). The first-order valence-electron chi connectivity index (χ1n) is 33.4. The number of allylic oxidation sites excluding steroid dienone is 8. The summed E-state index contributed by atoms with van der Waals surface area (Å²) in [5, 5.41) is 23.3. The van der Waals surface area contributed by atoms with Gasteiger partial charge in [-0.05, 0) is 83.5 Å². The van der Waals surface area contributed by atoms with E-state index in [0.717, 1.165) is 57.8 Å². The topological polar surface area (TPSA) is 95.9 Å². The van der Waals surface area contributed by atoms with Gasteiger partial charge in [0, 0.05) is 12.8 Å². The second-order valence-electron chi connectivity index (χ2n) is 22.8. The Bertz CT molecular complexity index is 1260. The molecule has 0 aromatic rings. The monoisotopic (exact) mass is 1050 g/mol. The number of rotatable bonds is 62. The van der Waals surface area contributed by atoms with Crippen molar-refractivity contribution in [1.29, 1.82) is 0 Å². The molecule has 0 saturated heterocycles. The minimum Gasteiger partial charge on any atom is -0.466 e. The fourth-order valence-electron chi connectivity index (χ4n) is 10.2. The van der Waals surface area contributed by atoms with Crippen molar-refractivity contribution in [1.82, 2.24) is 5.32 Å². The molecule has 440 valence electrons. The van der Waals surface area contributed by atoms with Gasteiger partial charge in [-0.25, -0.2) is 0 Å². The molecule has 0 spiro atoms. The number of unbranched alkanes of at least 4 members (excludes halogenated alkanes) is 43. The molecule has 0 aromatic carbocycles. The zero-order valence-electron chi connectivity index (χ0n) is 50.3. The van der Waals surface area contributed by atoms with Gasteiger partial charge in [0.1, 0.15) is 0 Å². The molecule has 0 aliphatic rings. The molecule has 0 radical (unpaired) electrons. The summed E-state index contributed by atoms with van der Waals surface area (Å²) in [5.41, 5.74) is 0. The number of nitrogens with one attached hydrogen (secondary N) is 1. The van der Waals surface area contributed by atoms with Gasteiger partial charge in [-0.1, -0.05) is 306 Å². The Hall–Kier alpha value is -2.18. The van der Waals surface area contributed by atoms with E-state index >= 15 is 0 Å². The van der Waals surface area contributed by atoms with Crippen LogP contribution in [0.15, 0.2) is 48.6 Å². The number of ether oxygens (including phenoxy) is 1. The predicted molar refractivity (Wildman–Crippen MR) is 329 cm³/mol. The molecule has 0 bridgehead atoms. The van der Waals surface area contributed by atoms with E-state index < -0.39 is 12.1 Å². The van der Waals surface area contributed by atoms with Gasteiger partial charge >= 0.3 is 5.97 Å². The van der Waals surface area contributed by atoms with Gasteiger partial charge in [0.15, 0.2) is 0 Å². The summed E-state index contributed by atoms with van der Waals surface area (Å²) in [6.45, 7) is 4.91. The molecule has 0 heterocycles. The number of carbonyl (C=O) groups excluding carboxylic acids is 2. The summed E-state index contributed by atoms with van der Waals surface area (Å²) >= 11 is 0. The Morgan fingerprint density at radius 2 is 0.680 bits per heavy atom. The number of esters is 1. The molecular formula is C69H129NO5. The Balaban J connectivity index is 3.39. The maximum Gasteiger partial charge on any atom is 0.305 e. The fraction of sp³-hybridized carbons (Fsp3) is 0.855. The van der Waals surface area contributed by atoms with Crippen LogP contribution >= 0.6 is 0 Å². The highest BCUT2D eigenvalue weighted by molar-refractivity contribution is 5.76. The zero-order valence-corrected chi connectivity index (χ0v) is 50.3. The third-order valence-electron chi connectivity index (χ3n) is 15.4. The summed E-state index contributed by atoms with van der Waals surface area (Å²) in [6.07, 6.45) is 82.9. The van der Waals surface area contributed by atoms with E-state index in [1.54, 1.807) is 0 Å². The second-order valence-corrected chi connectivity index (χ2v) is 22.8. The van der Waals surface area contributed by atoms with Gasteiger partial charge < -0.3 is 20.3 Å². The van der Waals surface area contributed by atoms with Gasteiger partial charge in [-0.15, -0.1) is 0 Å². The summed E-state index contributed by atoms with van der Waals surface area (Å²) in [7, 11) is 0. The van der Waals surface area contributed by atoms with E-state index in [0.29, 0.717) is 25.9 Å². The van der Waals surface area contributed by atoms with Crippen molar-refractivity contribution in [2.75, 3.05) is 13.2 Å². The highest BCUT2D eigenvalue weighted by atomic mass is 16.5. The van der Waals surface area contributed by atoms with Crippen LogP contribution in [0.1, 0.15) is 354 Å². The average Bonchev–Trinajstić information content (AvgIpc) is 3.41. The van der Waals surface area contributed by atoms with Gasteiger partial charge in [-0.2, -0.15) is 0 Å². The highest BCUT2D eigenvalue weighted by Gasteiger charge is 2.20. The predicted octanol–water partition coefficient (Wildman–Crippen LogP) is 21.3. The molecule has 3 N–H and O–H groups in total. The van der Waals surface area contributed by atoms with Gasteiger partial charge in [0.25, 0.3) is 0 Å². The van der Waals surface area contributed by atoms with Gasteiger partial charge in [0.05, 0.1) is 25.4 Å². The average molecular weight is 1050 g/mol. The van der Waals surface area contributed by atoms with Crippen LogP contribution < -0.4 is 5.32 Å². The summed E-state index contributed by atoms with van der Waals surface area (Å²) < 4.78 is 5.47. The lowest BCUT2D eigenvalue weighted by atomic mass is 10.0. The van der Waals surface area contributed by atoms with Crippen molar-refractivity contribution >= 4 is 11.9 Å². The zero-order chi connectivity index (χ0) is 54.3. The first-order chi connectivity index (χ1) is 37.0. The molecular weight excluding hydrogens is 923 g/mol. The molecule has 0 aromatic heterocycles. The first kappa shape index (κ1) is 72.8. The number of aliphatic hydroxyl groups is 2. The Morgan fingerprint density at radius 3 is 1.05 bits per heavy atom. The lowest BCUT2D eigenvalue weighted by molar-refractivity contribution is -0.143. The van der Waals surface area contributed by atoms with E-state index in [4.69, 9.17) is 4.74 Å². The SMILES string of the molecule is CCCC/C=C\C/C=C\CCCCCCCC(=O)OCCCCCCCCCCC/C=C\C/C=C\CCCCCCCCCCCCCCCCCC(=O)NC(CO)C(O)CCCCCCCCCCCCCCC. The van der Waals surface area contributed by atoms with E-state index in [2.05, 4.69) is 67.8 Å². The van der Waals surface area contributed by atoms with Crippen molar-refractivity contribution in [3.8, 4) is 0 Å². The Labute approximate surface area is 467 Å². The van der Waals surface area contributed by atoms with E-state index in [1.807, 2.05) is 0 Å². The van der Waals surface area contributed by atoms with Crippen LogP contribution in [0.25, 0.3) is 0 Å². The van der Waals surface area contributed by atoms with E-state index in [-0.39, 0.29) is 18.5 Å². The third kappa shape index (κ3) is 60.9. The minimum absolute atomic E-state index is 0.00166. The van der Waals surface area contributed by atoms with Crippen LogP contribution in [-0.2, 0) is 14.3 Å². The molecule has 0 saturated carbocycles. The van der Waals surface area contributed by atoms with Crippen LogP contribution in [-0.4, -0.2) is 47.4 Å². The summed E-state index contributed by atoms with van der Waals surface area (Å²) in [5.74, 6) is -0.0352. The fourth-order valence-corrected chi connectivity index (χ4v) is 10.2. The van der Waals surface area contributed by atoms with Crippen molar-refractivity contribution in [2.45, 2.75) is 366 Å². The van der Waals surface area contributed by atoms with Crippen LogP contribution in [0, 0.1) is 0 Å². The smallest absolute Gasteiger partial charge is 0.305 e. The van der Waals surface area contributed by atoms with E-state index in [1.165, 1.54) is 263 Å². The number of hydrogen-bond donors (Lipinski definition) is 3. The summed E-state index contributed by atoms with van der Waals surface area (Å²) in [6, 6.07) is -0.541. The van der Waals surface area contributed by atoms with Crippen molar-refractivity contribution < 1.29 is 24.5 Å². The lowest BCUT2D eigenvalue weighted by Crippen LogP contribution is -2.45. The number of hydrogen-bond acceptors (Lipinski definition) is 5. The molecule has 2 atom stereocenters. The molecule has 0 fully saturated rings. The molecule has 2 unspecified atom stereocenters. The van der Waals surface area contributed by atoms with Crippen LogP contribution in [0.4, 0.5) is 0 Å². The highest BCUT2D eigenvalue weighted by Crippen LogP contribution is 2.18. The van der Waals surface area contributed by atoms with Crippen LogP contribution in [0.5, 0.6) is 0 Å². The van der Waals surface area contributed by atoms with Crippen molar-refractivity contribution in [2.24, 2.45) is 0 Å². The molecule has 6 nitrogen and oxygen atoms in total. The molecule has 0 aliphatic heterocycles. The van der Waals surface area contributed by atoms with Crippen LogP contribution in [0.2, 0.25) is 0 Å². The lowest BCUT2D eigenvalue weighted by Gasteiger charge is -2.22. The molecule has 0 aliphatic carbocycles. The normalized spacial score (nSPS) is 12.9. The van der Waals surface area contributed by atoms with Crippen LogP contribution in [0.3, 0.4) is 0 Å². The number of aliphatic hydroxyl groups excluding tert-OH is 2. The van der Waals surface area contributed by atoms with Crippen molar-refractivity contribution in [3.63, 3.8) is 0 Å². The van der Waals surface area contributed by atoms with Gasteiger partial charge in [-0.3, -0.25) is 9.59 Å². The quantitative estimate of drug-likeness (QED) is 0.0320. The molecule has 75 heavy (non-hydrogen) atoms. The van der Waals surface area contributed by atoms with E-state index in [9.17, 15) is 19.8 Å². The molecule has 1 amide bonds. The molecule has 6 heteroatoms. The van der Waals surface area contributed by atoms with Crippen molar-refractivity contribution in [3.05, 3.63) is 48.6 Å². The first-order valence-corrected chi connectivity index (χ1v) is 33.4. The second kappa shape index (κ2) is 64.3. The van der Waals surface area contributed by atoms with Gasteiger partial charge in [0.2, 0.25) is 5.91 Å². The minimum atomic E-state index is -0.663. The maximum absolute atomic E-state index is 12.5. The Kier molecular flexibility index (Phi) is 62.5. The number of carbonyl (C=O) groups is 2. The largest absolute Gasteiger partial charge is 0.466 e. The number of amides is 1. The maximum atomic E-state index is 12.5. The third-order valence-corrected chi connectivity index (χ3v) is 15.4. The Morgan fingerprint density at radius 1 is 0.373 bits per heavy atom. The summed E-state index contributed by atoms with van der Waals surface area (Å²) in [4.78, 5) is 24.5.